The fourth-order valence-corrected chi connectivity index (χ4v) is 2.29. The van der Waals surface area contributed by atoms with E-state index in [0.29, 0.717) is 6.04 Å². The van der Waals surface area contributed by atoms with Crippen LogP contribution in [0.4, 0.5) is 0 Å². The molecule has 1 aromatic rings. The van der Waals surface area contributed by atoms with E-state index in [2.05, 4.69) is 59.4 Å². The topological polar surface area (TPSA) is 12.0 Å². The van der Waals surface area contributed by atoms with E-state index in [0.717, 1.165) is 5.92 Å². The van der Waals surface area contributed by atoms with Crippen molar-refractivity contribution in [3.05, 3.63) is 34.3 Å². The second kappa shape index (κ2) is 6.29. The van der Waals surface area contributed by atoms with E-state index in [1.54, 1.807) is 0 Å². The average Bonchev–Trinajstić information content (AvgIpc) is 2.26. The summed E-state index contributed by atoms with van der Waals surface area (Å²) in [6.07, 6.45) is 2.43. The van der Waals surface area contributed by atoms with Gasteiger partial charge in [-0.25, -0.2) is 0 Å². The highest BCUT2D eigenvalue weighted by Crippen LogP contribution is 2.28. The standard InChI is InChI=1S/C13H20BrN/c1-4-10(2)9-13(15-3)11-7-5-6-8-12(11)14/h5-8,10,13,15H,4,9H2,1-3H3. The molecule has 84 valence electrons. The minimum Gasteiger partial charge on any atom is -0.313 e. The minimum absolute atomic E-state index is 0.454. The third-order valence-corrected chi connectivity index (χ3v) is 3.69. The van der Waals surface area contributed by atoms with Crippen LogP contribution in [0.2, 0.25) is 0 Å². The molecule has 0 spiro atoms. The van der Waals surface area contributed by atoms with Crippen molar-refractivity contribution in [2.24, 2.45) is 5.92 Å². The summed E-state index contributed by atoms with van der Waals surface area (Å²) in [4.78, 5) is 0. The summed E-state index contributed by atoms with van der Waals surface area (Å²) in [5.41, 5.74) is 1.36. The molecule has 1 rings (SSSR count). The van der Waals surface area contributed by atoms with Gasteiger partial charge in [0.2, 0.25) is 0 Å². The molecule has 1 nitrogen and oxygen atoms in total. The van der Waals surface area contributed by atoms with Gasteiger partial charge in [-0.1, -0.05) is 54.4 Å². The molecule has 0 aromatic heterocycles. The summed E-state index contributed by atoms with van der Waals surface area (Å²) >= 11 is 3.61. The normalized spacial score (nSPS) is 14.9. The smallest absolute Gasteiger partial charge is 0.0331 e. The molecule has 0 radical (unpaired) electrons. The minimum atomic E-state index is 0.454. The van der Waals surface area contributed by atoms with E-state index in [-0.39, 0.29) is 0 Å². The van der Waals surface area contributed by atoms with Crippen LogP contribution in [0.3, 0.4) is 0 Å². The molecular formula is C13H20BrN. The van der Waals surface area contributed by atoms with Crippen LogP contribution in [-0.2, 0) is 0 Å². The molecule has 2 atom stereocenters. The van der Waals surface area contributed by atoms with E-state index < -0.39 is 0 Å². The Hall–Kier alpha value is -0.340. The maximum absolute atomic E-state index is 3.61. The summed E-state index contributed by atoms with van der Waals surface area (Å²) in [5.74, 6) is 0.759. The molecule has 0 saturated carbocycles. The summed E-state index contributed by atoms with van der Waals surface area (Å²) in [6.45, 7) is 4.55. The van der Waals surface area contributed by atoms with Gasteiger partial charge in [0.25, 0.3) is 0 Å². The molecule has 0 aliphatic carbocycles. The quantitative estimate of drug-likeness (QED) is 0.847. The third-order valence-electron chi connectivity index (χ3n) is 2.96. The van der Waals surface area contributed by atoms with Gasteiger partial charge < -0.3 is 5.32 Å². The van der Waals surface area contributed by atoms with Crippen molar-refractivity contribution >= 4 is 15.9 Å². The first-order chi connectivity index (χ1) is 7.19. The second-order valence-corrected chi connectivity index (χ2v) is 4.97. The fourth-order valence-electron chi connectivity index (χ4n) is 1.73. The molecule has 2 unspecified atom stereocenters. The van der Waals surface area contributed by atoms with Crippen LogP contribution in [0.5, 0.6) is 0 Å². The van der Waals surface area contributed by atoms with Crippen molar-refractivity contribution in [1.29, 1.82) is 0 Å². The Morgan fingerprint density at radius 2 is 2.00 bits per heavy atom. The van der Waals surface area contributed by atoms with Crippen molar-refractivity contribution in [3.8, 4) is 0 Å². The van der Waals surface area contributed by atoms with Gasteiger partial charge >= 0.3 is 0 Å². The summed E-state index contributed by atoms with van der Waals surface area (Å²) in [6, 6.07) is 8.91. The zero-order chi connectivity index (χ0) is 11.3. The first-order valence-corrected chi connectivity index (χ1v) is 6.40. The predicted octanol–water partition coefficient (Wildman–Crippen LogP) is 4.15. The van der Waals surface area contributed by atoms with Gasteiger partial charge in [-0.05, 0) is 31.0 Å². The molecule has 0 fully saturated rings. The van der Waals surface area contributed by atoms with Crippen molar-refractivity contribution in [3.63, 3.8) is 0 Å². The van der Waals surface area contributed by atoms with Crippen molar-refractivity contribution in [2.45, 2.75) is 32.7 Å². The van der Waals surface area contributed by atoms with E-state index in [1.165, 1.54) is 22.9 Å². The van der Waals surface area contributed by atoms with Crippen LogP contribution in [0.1, 0.15) is 38.3 Å². The van der Waals surface area contributed by atoms with E-state index in [9.17, 15) is 0 Å². The van der Waals surface area contributed by atoms with Crippen molar-refractivity contribution in [2.75, 3.05) is 7.05 Å². The lowest BCUT2D eigenvalue weighted by molar-refractivity contribution is 0.421. The molecule has 15 heavy (non-hydrogen) atoms. The highest BCUT2D eigenvalue weighted by atomic mass is 79.9. The molecule has 0 aliphatic rings. The van der Waals surface area contributed by atoms with Gasteiger partial charge in [0.05, 0.1) is 0 Å². The molecule has 0 heterocycles. The Bertz CT molecular complexity index is 298. The van der Waals surface area contributed by atoms with E-state index in [1.807, 2.05) is 7.05 Å². The van der Waals surface area contributed by atoms with Gasteiger partial charge in [-0.2, -0.15) is 0 Å². The van der Waals surface area contributed by atoms with Gasteiger partial charge in [0.15, 0.2) is 0 Å². The van der Waals surface area contributed by atoms with Gasteiger partial charge in [-0.3, -0.25) is 0 Å². The Balaban J connectivity index is 2.78. The lowest BCUT2D eigenvalue weighted by Gasteiger charge is -2.21. The number of rotatable bonds is 5. The van der Waals surface area contributed by atoms with Crippen LogP contribution >= 0.6 is 15.9 Å². The Kier molecular flexibility index (Phi) is 5.34. The lowest BCUT2D eigenvalue weighted by atomic mass is 9.94. The van der Waals surface area contributed by atoms with Crippen LogP contribution in [0, 0.1) is 5.92 Å². The molecule has 1 N–H and O–H groups in total. The molecular weight excluding hydrogens is 250 g/mol. The predicted molar refractivity (Wildman–Crippen MR) is 70.0 cm³/mol. The highest BCUT2D eigenvalue weighted by Gasteiger charge is 2.14. The van der Waals surface area contributed by atoms with Crippen LogP contribution in [0.15, 0.2) is 28.7 Å². The number of nitrogens with one attached hydrogen (secondary N) is 1. The van der Waals surface area contributed by atoms with Crippen LogP contribution in [-0.4, -0.2) is 7.05 Å². The molecule has 0 aliphatic heterocycles. The Morgan fingerprint density at radius 1 is 1.33 bits per heavy atom. The number of hydrogen-bond donors (Lipinski definition) is 1. The zero-order valence-electron chi connectivity index (χ0n) is 9.76. The van der Waals surface area contributed by atoms with Crippen LogP contribution < -0.4 is 5.32 Å². The monoisotopic (exact) mass is 269 g/mol. The molecule has 0 saturated heterocycles. The zero-order valence-corrected chi connectivity index (χ0v) is 11.3. The van der Waals surface area contributed by atoms with Crippen molar-refractivity contribution in [1.82, 2.24) is 5.32 Å². The SMILES string of the molecule is CCC(C)CC(NC)c1ccccc1Br. The first-order valence-electron chi connectivity index (χ1n) is 5.60. The fraction of sp³-hybridized carbons (Fsp3) is 0.538. The Morgan fingerprint density at radius 3 is 2.53 bits per heavy atom. The number of hydrogen-bond acceptors (Lipinski definition) is 1. The average molecular weight is 270 g/mol. The summed E-state index contributed by atoms with van der Waals surface area (Å²) in [5, 5.41) is 3.39. The summed E-state index contributed by atoms with van der Waals surface area (Å²) in [7, 11) is 2.03. The third kappa shape index (κ3) is 3.62. The maximum Gasteiger partial charge on any atom is 0.0331 e. The van der Waals surface area contributed by atoms with Gasteiger partial charge in [-0.15, -0.1) is 0 Å². The van der Waals surface area contributed by atoms with Crippen LogP contribution in [0.25, 0.3) is 0 Å². The molecule has 2 heteroatoms. The second-order valence-electron chi connectivity index (χ2n) is 4.11. The molecule has 1 aromatic carbocycles. The molecule has 0 bridgehead atoms. The van der Waals surface area contributed by atoms with Crippen molar-refractivity contribution < 1.29 is 0 Å². The lowest BCUT2D eigenvalue weighted by Crippen LogP contribution is -2.19. The largest absolute Gasteiger partial charge is 0.313 e. The maximum atomic E-state index is 3.61. The van der Waals surface area contributed by atoms with Gasteiger partial charge in [0.1, 0.15) is 0 Å². The highest BCUT2D eigenvalue weighted by molar-refractivity contribution is 9.10. The number of benzene rings is 1. The number of halogens is 1. The first kappa shape index (κ1) is 12.7. The van der Waals surface area contributed by atoms with E-state index in [4.69, 9.17) is 0 Å². The van der Waals surface area contributed by atoms with E-state index >= 15 is 0 Å². The van der Waals surface area contributed by atoms with Gasteiger partial charge in [0, 0.05) is 10.5 Å². The molecule has 0 amide bonds. The summed E-state index contributed by atoms with van der Waals surface area (Å²) < 4.78 is 1.20. The Labute approximate surface area is 101 Å².